The highest BCUT2D eigenvalue weighted by atomic mass is 35.5. The summed E-state index contributed by atoms with van der Waals surface area (Å²) in [7, 11) is 0. The Morgan fingerprint density at radius 1 is 1.46 bits per heavy atom. The first-order valence-corrected chi connectivity index (χ1v) is 4.85. The molecule has 0 aliphatic heterocycles. The first kappa shape index (κ1) is 8.59. The van der Waals surface area contributed by atoms with Crippen LogP contribution in [0.4, 0.5) is 0 Å². The third-order valence-electron chi connectivity index (χ3n) is 2.61. The molecule has 2 rings (SSSR count). The Morgan fingerprint density at radius 3 is 3.08 bits per heavy atom. The minimum atomic E-state index is 0.186. The van der Waals surface area contributed by atoms with Gasteiger partial charge in [-0.2, -0.15) is 5.26 Å². The van der Waals surface area contributed by atoms with E-state index in [0.717, 1.165) is 24.3 Å². The minimum Gasteiger partial charge on any atom is -0.198 e. The standard InChI is InChI=1S/C11H10ClN/c12-11-3-1-2-9-6-8(7-13)4-5-10(9)11/h1-3,8H,4-6H2. The Bertz CT molecular complexity index is 365. The molecule has 0 fully saturated rings. The van der Waals surface area contributed by atoms with Crippen molar-refractivity contribution in [3.05, 3.63) is 34.3 Å². The van der Waals surface area contributed by atoms with Gasteiger partial charge in [0, 0.05) is 5.02 Å². The molecule has 1 nitrogen and oxygen atoms in total. The van der Waals surface area contributed by atoms with Crippen molar-refractivity contribution in [2.45, 2.75) is 19.3 Å². The van der Waals surface area contributed by atoms with E-state index in [1.165, 1.54) is 11.1 Å². The lowest BCUT2D eigenvalue weighted by Gasteiger charge is -2.20. The van der Waals surface area contributed by atoms with Gasteiger partial charge in [0.25, 0.3) is 0 Å². The fourth-order valence-electron chi connectivity index (χ4n) is 1.87. The van der Waals surface area contributed by atoms with Gasteiger partial charge in [0.15, 0.2) is 0 Å². The van der Waals surface area contributed by atoms with E-state index < -0.39 is 0 Å². The Balaban J connectivity index is 2.37. The van der Waals surface area contributed by atoms with Gasteiger partial charge in [0.1, 0.15) is 0 Å². The molecule has 1 atom stereocenters. The molecule has 0 N–H and O–H groups in total. The molecule has 1 aromatic rings. The molecule has 1 aliphatic carbocycles. The topological polar surface area (TPSA) is 23.8 Å². The third kappa shape index (κ3) is 1.55. The molecule has 1 aliphatic rings. The average molecular weight is 192 g/mol. The second-order valence-corrected chi connectivity index (χ2v) is 3.85. The van der Waals surface area contributed by atoms with E-state index in [2.05, 4.69) is 12.1 Å². The molecular formula is C11H10ClN. The molecule has 1 unspecified atom stereocenters. The van der Waals surface area contributed by atoms with Crippen LogP contribution < -0.4 is 0 Å². The van der Waals surface area contributed by atoms with E-state index in [1.54, 1.807) is 0 Å². The predicted molar refractivity (Wildman–Crippen MR) is 52.6 cm³/mol. The van der Waals surface area contributed by atoms with E-state index >= 15 is 0 Å². The Morgan fingerprint density at radius 2 is 2.31 bits per heavy atom. The monoisotopic (exact) mass is 191 g/mol. The maximum atomic E-state index is 8.80. The lowest BCUT2D eigenvalue weighted by Crippen LogP contribution is -2.12. The van der Waals surface area contributed by atoms with Crippen LogP contribution in [0.2, 0.25) is 5.02 Å². The molecule has 1 aromatic carbocycles. The van der Waals surface area contributed by atoms with Crippen LogP contribution in [0, 0.1) is 17.2 Å². The Hall–Kier alpha value is -1.00. The van der Waals surface area contributed by atoms with Crippen molar-refractivity contribution in [2.24, 2.45) is 5.92 Å². The molecule has 0 radical (unpaired) electrons. The molecule has 0 heterocycles. The number of fused-ring (bicyclic) bond motifs is 1. The summed E-state index contributed by atoms with van der Waals surface area (Å²) in [6, 6.07) is 8.28. The van der Waals surface area contributed by atoms with Crippen LogP contribution in [-0.4, -0.2) is 0 Å². The summed E-state index contributed by atoms with van der Waals surface area (Å²) in [4.78, 5) is 0. The number of nitrogens with zero attached hydrogens (tertiary/aromatic N) is 1. The van der Waals surface area contributed by atoms with Crippen LogP contribution >= 0.6 is 11.6 Å². The van der Waals surface area contributed by atoms with Gasteiger partial charge >= 0.3 is 0 Å². The summed E-state index contributed by atoms with van der Waals surface area (Å²) >= 11 is 6.05. The number of benzene rings is 1. The van der Waals surface area contributed by atoms with Gasteiger partial charge in [0.2, 0.25) is 0 Å². The van der Waals surface area contributed by atoms with E-state index in [4.69, 9.17) is 16.9 Å². The van der Waals surface area contributed by atoms with Crippen LogP contribution in [0.5, 0.6) is 0 Å². The fraction of sp³-hybridized carbons (Fsp3) is 0.364. The first-order chi connectivity index (χ1) is 6.31. The van der Waals surface area contributed by atoms with Crippen molar-refractivity contribution in [1.29, 1.82) is 5.26 Å². The SMILES string of the molecule is N#CC1CCc2c(Cl)cccc2C1. The highest BCUT2D eigenvalue weighted by Gasteiger charge is 2.19. The van der Waals surface area contributed by atoms with Crippen LogP contribution in [0.25, 0.3) is 0 Å². The van der Waals surface area contributed by atoms with Crippen LogP contribution in [-0.2, 0) is 12.8 Å². The van der Waals surface area contributed by atoms with Gasteiger partial charge in [-0.1, -0.05) is 23.7 Å². The zero-order chi connectivity index (χ0) is 9.26. The van der Waals surface area contributed by atoms with Gasteiger partial charge < -0.3 is 0 Å². The lowest BCUT2D eigenvalue weighted by atomic mass is 9.85. The zero-order valence-corrected chi connectivity index (χ0v) is 8.01. The van der Waals surface area contributed by atoms with Crippen molar-refractivity contribution in [1.82, 2.24) is 0 Å². The summed E-state index contributed by atoms with van der Waals surface area (Å²) in [5.41, 5.74) is 2.50. The predicted octanol–water partition coefficient (Wildman–Crippen LogP) is 2.97. The second kappa shape index (κ2) is 3.40. The Kier molecular flexibility index (Phi) is 2.24. The van der Waals surface area contributed by atoms with Crippen molar-refractivity contribution < 1.29 is 0 Å². The molecular weight excluding hydrogens is 182 g/mol. The van der Waals surface area contributed by atoms with E-state index in [-0.39, 0.29) is 5.92 Å². The molecule has 13 heavy (non-hydrogen) atoms. The zero-order valence-electron chi connectivity index (χ0n) is 7.26. The van der Waals surface area contributed by atoms with Gasteiger partial charge in [-0.15, -0.1) is 0 Å². The van der Waals surface area contributed by atoms with Gasteiger partial charge in [-0.3, -0.25) is 0 Å². The van der Waals surface area contributed by atoms with Crippen LogP contribution in [0.1, 0.15) is 17.5 Å². The van der Waals surface area contributed by atoms with Crippen LogP contribution in [0.15, 0.2) is 18.2 Å². The van der Waals surface area contributed by atoms with Crippen molar-refractivity contribution in [2.75, 3.05) is 0 Å². The number of rotatable bonds is 0. The minimum absolute atomic E-state index is 0.186. The largest absolute Gasteiger partial charge is 0.198 e. The number of hydrogen-bond donors (Lipinski definition) is 0. The number of nitriles is 1. The third-order valence-corrected chi connectivity index (χ3v) is 2.96. The highest BCUT2D eigenvalue weighted by Crippen LogP contribution is 2.29. The molecule has 66 valence electrons. The Labute approximate surface area is 82.9 Å². The van der Waals surface area contributed by atoms with Gasteiger partial charge in [-0.25, -0.2) is 0 Å². The van der Waals surface area contributed by atoms with Crippen molar-refractivity contribution >= 4 is 11.6 Å². The summed E-state index contributed by atoms with van der Waals surface area (Å²) in [5, 5.41) is 9.66. The summed E-state index contributed by atoms with van der Waals surface area (Å²) in [5.74, 6) is 0.186. The van der Waals surface area contributed by atoms with Crippen LogP contribution in [0.3, 0.4) is 0 Å². The quantitative estimate of drug-likeness (QED) is 0.619. The number of hydrogen-bond acceptors (Lipinski definition) is 1. The van der Waals surface area contributed by atoms with Crippen molar-refractivity contribution in [3.63, 3.8) is 0 Å². The molecule has 0 amide bonds. The maximum Gasteiger partial charge on any atom is 0.0659 e. The number of halogens is 1. The lowest BCUT2D eigenvalue weighted by molar-refractivity contribution is 0.564. The summed E-state index contributed by atoms with van der Waals surface area (Å²) < 4.78 is 0. The van der Waals surface area contributed by atoms with E-state index in [0.29, 0.717) is 0 Å². The summed E-state index contributed by atoms with van der Waals surface area (Å²) in [6.07, 6.45) is 2.77. The first-order valence-electron chi connectivity index (χ1n) is 4.47. The molecule has 0 saturated carbocycles. The molecule has 0 aromatic heterocycles. The van der Waals surface area contributed by atoms with Crippen molar-refractivity contribution in [3.8, 4) is 6.07 Å². The highest BCUT2D eigenvalue weighted by molar-refractivity contribution is 6.31. The fourth-order valence-corrected chi connectivity index (χ4v) is 2.16. The van der Waals surface area contributed by atoms with E-state index in [9.17, 15) is 0 Å². The molecule has 0 spiro atoms. The summed E-state index contributed by atoms with van der Waals surface area (Å²) in [6.45, 7) is 0. The normalized spacial score (nSPS) is 20.5. The average Bonchev–Trinajstić information content (AvgIpc) is 2.18. The molecule has 0 saturated heterocycles. The smallest absolute Gasteiger partial charge is 0.0659 e. The van der Waals surface area contributed by atoms with Gasteiger partial charge in [0.05, 0.1) is 12.0 Å². The van der Waals surface area contributed by atoms with Gasteiger partial charge in [-0.05, 0) is 36.5 Å². The molecule has 2 heteroatoms. The second-order valence-electron chi connectivity index (χ2n) is 3.45. The maximum absolute atomic E-state index is 8.80. The molecule has 0 bridgehead atoms. The van der Waals surface area contributed by atoms with E-state index in [1.807, 2.05) is 12.1 Å².